The van der Waals surface area contributed by atoms with Gasteiger partial charge in [0.05, 0.1) is 0 Å². The molecular weight excluding hydrogens is 245 g/mol. The normalized spacial score (nSPS) is 15.0. The van der Waals surface area contributed by atoms with Gasteiger partial charge >= 0.3 is 0 Å². The molecule has 1 aromatic heterocycles. The summed E-state index contributed by atoms with van der Waals surface area (Å²) in [5.41, 5.74) is 3.79. The topological polar surface area (TPSA) is 12.0 Å². The molecule has 0 spiro atoms. The van der Waals surface area contributed by atoms with Gasteiger partial charge in [-0.15, -0.1) is 11.3 Å². The largest absolute Gasteiger partial charge is 0.310 e. The van der Waals surface area contributed by atoms with Crippen molar-refractivity contribution in [1.82, 2.24) is 5.32 Å². The third kappa shape index (κ3) is 2.47. The van der Waals surface area contributed by atoms with Crippen LogP contribution in [-0.2, 0) is 6.54 Å². The molecule has 0 amide bonds. The molecule has 0 bridgehead atoms. The smallest absolute Gasteiger partial charge is 0.123 e. The van der Waals surface area contributed by atoms with E-state index >= 15 is 0 Å². The molecule has 0 unspecified atom stereocenters. The second-order valence-electron chi connectivity index (χ2n) is 4.88. The Bertz CT molecular complexity index is 540. The lowest BCUT2D eigenvalue weighted by Crippen LogP contribution is -2.15. The molecule has 1 heterocycles. The van der Waals surface area contributed by atoms with Crippen LogP contribution >= 0.6 is 11.3 Å². The summed E-state index contributed by atoms with van der Waals surface area (Å²) in [4.78, 5) is 1.25. The van der Waals surface area contributed by atoms with Crippen molar-refractivity contribution in [3.63, 3.8) is 0 Å². The average molecular weight is 261 g/mol. The number of rotatable bonds is 4. The minimum absolute atomic E-state index is 0.177. The molecule has 1 N–H and O–H groups in total. The molecule has 0 aliphatic heterocycles. The number of halogens is 1. The zero-order chi connectivity index (χ0) is 12.5. The molecule has 2 aromatic rings. The molecule has 18 heavy (non-hydrogen) atoms. The van der Waals surface area contributed by atoms with Gasteiger partial charge < -0.3 is 5.32 Å². The highest BCUT2D eigenvalue weighted by atomic mass is 32.1. The summed E-state index contributed by atoms with van der Waals surface area (Å²) < 4.78 is 12.9. The second kappa shape index (κ2) is 4.82. The molecule has 1 aromatic carbocycles. The van der Waals surface area contributed by atoms with Crippen LogP contribution in [0, 0.1) is 12.7 Å². The molecule has 0 saturated heterocycles. The van der Waals surface area contributed by atoms with E-state index in [1.807, 2.05) is 12.1 Å². The van der Waals surface area contributed by atoms with Gasteiger partial charge in [-0.1, -0.05) is 12.1 Å². The van der Waals surface area contributed by atoms with Crippen LogP contribution in [-0.4, -0.2) is 6.04 Å². The van der Waals surface area contributed by atoms with Crippen LogP contribution in [0.2, 0.25) is 0 Å². The van der Waals surface area contributed by atoms with E-state index in [1.54, 1.807) is 11.3 Å². The van der Waals surface area contributed by atoms with Gasteiger partial charge in [-0.05, 0) is 54.0 Å². The van der Waals surface area contributed by atoms with Crippen molar-refractivity contribution >= 4 is 11.3 Å². The summed E-state index contributed by atoms with van der Waals surface area (Å²) in [6, 6.07) is 7.49. The molecule has 0 radical (unpaired) electrons. The molecule has 1 aliphatic carbocycles. The maximum atomic E-state index is 12.9. The fourth-order valence-electron chi connectivity index (χ4n) is 2.05. The minimum Gasteiger partial charge on any atom is -0.310 e. The van der Waals surface area contributed by atoms with E-state index in [-0.39, 0.29) is 5.82 Å². The van der Waals surface area contributed by atoms with Gasteiger partial charge in [0.2, 0.25) is 0 Å². The zero-order valence-corrected chi connectivity index (χ0v) is 11.2. The van der Waals surface area contributed by atoms with Crippen molar-refractivity contribution in [2.75, 3.05) is 0 Å². The lowest BCUT2D eigenvalue weighted by Gasteiger charge is -2.04. The molecule has 3 heteroatoms. The van der Waals surface area contributed by atoms with Crippen molar-refractivity contribution in [1.29, 1.82) is 0 Å². The zero-order valence-electron chi connectivity index (χ0n) is 10.4. The van der Waals surface area contributed by atoms with Gasteiger partial charge in [-0.25, -0.2) is 4.39 Å². The molecule has 1 fully saturated rings. The Morgan fingerprint density at radius 2 is 2.00 bits per heavy atom. The van der Waals surface area contributed by atoms with Gasteiger partial charge in [0.1, 0.15) is 5.82 Å². The number of benzene rings is 1. The summed E-state index contributed by atoms with van der Waals surface area (Å²) in [5.74, 6) is -0.177. The summed E-state index contributed by atoms with van der Waals surface area (Å²) in [7, 11) is 0. The van der Waals surface area contributed by atoms with Gasteiger partial charge in [-0.3, -0.25) is 0 Å². The van der Waals surface area contributed by atoms with E-state index in [0.29, 0.717) is 0 Å². The van der Waals surface area contributed by atoms with E-state index in [4.69, 9.17) is 0 Å². The van der Waals surface area contributed by atoms with E-state index < -0.39 is 0 Å². The van der Waals surface area contributed by atoms with Gasteiger partial charge in [0, 0.05) is 17.5 Å². The monoisotopic (exact) mass is 261 g/mol. The maximum Gasteiger partial charge on any atom is 0.123 e. The van der Waals surface area contributed by atoms with Crippen LogP contribution in [0.4, 0.5) is 4.39 Å². The van der Waals surface area contributed by atoms with Gasteiger partial charge in [0.15, 0.2) is 0 Å². The summed E-state index contributed by atoms with van der Waals surface area (Å²) in [6.45, 7) is 3.10. The average Bonchev–Trinajstić information content (AvgIpc) is 3.13. The minimum atomic E-state index is -0.177. The predicted octanol–water partition coefficient (Wildman–Crippen LogP) is 4.11. The van der Waals surface area contributed by atoms with Crippen molar-refractivity contribution < 1.29 is 4.39 Å². The Balaban J connectivity index is 1.81. The molecule has 1 aliphatic rings. The molecule has 1 saturated carbocycles. The maximum absolute atomic E-state index is 12.9. The van der Waals surface area contributed by atoms with Gasteiger partial charge in [-0.2, -0.15) is 0 Å². The van der Waals surface area contributed by atoms with Crippen LogP contribution in [0.15, 0.2) is 29.6 Å². The standard InChI is InChI=1S/C15H16FNS/c1-10-12(8-17-14-6-7-14)9-18-15(10)11-2-4-13(16)5-3-11/h2-5,9,14,17H,6-8H2,1H3. The first kappa shape index (κ1) is 11.9. The first-order chi connectivity index (χ1) is 8.74. The Morgan fingerprint density at radius 1 is 1.28 bits per heavy atom. The first-order valence-electron chi connectivity index (χ1n) is 6.30. The van der Waals surface area contributed by atoms with Crippen molar-refractivity contribution in [2.24, 2.45) is 0 Å². The van der Waals surface area contributed by atoms with E-state index in [1.165, 1.54) is 41.0 Å². The van der Waals surface area contributed by atoms with Crippen molar-refractivity contribution in [3.8, 4) is 10.4 Å². The third-order valence-electron chi connectivity index (χ3n) is 3.41. The van der Waals surface area contributed by atoms with Gasteiger partial charge in [0.25, 0.3) is 0 Å². The highest BCUT2D eigenvalue weighted by Gasteiger charge is 2.20. The highest BCUT2D eigenvalue weighted by Crippen LogP contribution is 2.32. The predicted molar refractivity (Wildman–Crippen MR) is 74.3 cm³/mol. The Hall–Kier alpha value is -1.19. The molecule has 1 nitrogen and oxygen atoms in total. The summed E-state index contributed by atoms with van der Waals surface area (Å²) in [6.07, 6.45) is 2.63. The van der Waals surface area contributed by atoms with E-state index in [9.17, 15) is 4.39 Å². The molecular formula is C15H16FNS. The summed E-state index contributed by atoms with van der Waals surface area (Å²) in [5, 5.41) is 5.75. The molecule has 94 valence electrons. The fraction of sp³-hybridized carbons (Fsp3) is 0.333. The number of hydrogen-bond acceptors (Lipinski definition) is 2. The van der Waals surface area contributed by atoms with Crippen LogP contribution in [0.25, 0.3) is 10.4 Å². The molecule has 0 atom stereocenters. The third-order valence-corrected chi connectivity index (χ3v) is 4.59. The van der Waals surface area contributed by atoms with E-state index in [0.717, 1.165) is 18.2 Å². The van der Waals surface area contributed by atoms with Crippen LogP contribution in [0.3, 0.4) is 0 Å². The Kier molecular flexibility index (Phi) is 3.18. The highest BCUT2D eigenvalue weighted by molar-refractivity contribution is 7.14. The summed E-state index contributed by atoms with van der Waals surface area (Å²) >= 11 is 1.74. The Labute approximate surface area is 111 Å². The first-order valence-corrected chi connectivity index (χ1v) is 7.18. The second-order valence-corrected chi connectivity index (χ2v) is 5.76. The van der Waals surface area contributed by atoms with Crippen LogP contribution in [0.5, 0.6) is 0 Å². The molecule has 3 rings (SSSR count). The number of hydrogen-bond donors (Lipinski definition) is 1. The Morgan fingerprint density at radius 3 is 2.67 bits per heavy atom. The lowest BCUT2D eigenvalue weighted by molar-refractivity contribution is 0.628. The lowest BCUT2D eigenvalue weighted by atomic mass is 10.1. The number of nitrogens with one attached hydrogen (secondary N) is 1. The van der Waals surface area contributed by atoms with Crippen molar-refractivity contribution in [2.45, 2.75) is 32.4 Å². The van der Waals surface area contributed by atoms with Crippen LogP contribution in [0.1, 0.15) is 24.0 Å². The SMILES string of the molecule is Cc1c(CNC2CC2)csc1-c1ccc(F)cc1. The van der Waals surface area contributed by atoms with Crippen LogP contribution < -0.4 is 5.32 Å². The fourth-order valence-corrected chi connectivity index (χ4v) is 3.15. The van der Waals surface area contributed by atoms with E-state index in [2.05, 4.69) is 17.6 Å². The van der Waals surface area contributed by atoms with Crippen molar-refractivity contribution in [3.05, 3.63) is 46.6 Å². The quantitative estimate of drug-likeness (QED) is 0.873. The number of thiophene rings is 1.